The van der Waals surface area contributed by atoms with Crippen molar-refractivity contribution in [3.8, 4) is 0 Å². The molecule has 10 heteroatoms. The summed E-state index contributed by atoms with van der Waals surface area (Å²) in [6.45, 7) is 0. The highest BCUT2D eigenvalue weighted by Gasteiger charge is 2.20. The molecule has 3 aromatic rings. The average Bonchev–Trinajstić information content (AvgIpc) is 2.84. The Labute approximate surface area is 194 Å². The normalized spacial score (nSPS) is 10.2. The molecular formula is C24H22N4O6. The monoisotopic (exact) mass is 462 g/mol. The number of esters is 2. The maximum atomic E-state index is 12.2. The van der Waals surface area contributed by atoms with Crippen LogP contribution in [0.5, 0.6) is 0 Å². The van der Waals surface area contributed by atoms with Crippen molar-refractivity contribution in [1.82, 2.24) is 0 Å². The number of amides is 2. The second-order valence-corrected chi connectivity index (χ2v) is 7.00. The second kappa shape index (κ2) is 10.2. The van der Waals surface area contributed by atoms with Gasteiger partial charge in [-0.3, -0.25) is 9.59 Å². The van der Waals surface area contributed by atoms with Gasteiger partial charge in [-0.05, 0) is 36.4 Å². The molecule has 3 rings (SSSR count). The molecule has 3 aromatic carbocycles. The van der Waals surface area contributed by atoms with Gasteiger partial charge in [0.15, 0.2) is 0 Å². The quantitative estimate of drug-likeness (QED) is 0.371. The molecule has 0 aliphatic rings. The Morgan fingerprint density at radius 2 is 0.941 bits per heavy atom. The lowest BCUT2D eigenvalue weighted by Gasteiger charge is -2.19. The van der Waals surface area contributed by atoms with Crippen LogP contribution in [-0.2, 0) is 9.47 Å². The molecule has 0 fully saturated rings. The number of para-hydroxylation sites is 2. The number of ether oxygens (including phenoxy) is 2. The van der Waals surface area contributed by atoms with Crippen molar-refractivity contribution >= 4 is 46.5 Å². The Kier molecular flexibility index (Phi) is 7.12. The molecule has 0 saturated heterocycles. The molecule has 34 heavy (non-hydrogen) atoms. The molecular weight excluding hydrogens is 440 g/mol. The lowest BCUT2D eigenvalue weighted by atomic mass is 10.0. The molecule has 0 unspecified atom stereocenters. The standard InChI is InChI=1S/C24H22N4O6/c1-33-23(31)13-7-3-5-9-17(13)27-19-11-15(21(25)29)16(22(26)30)12-20(19)28-18-10-6-4-8-14(18)24(32)34-2/h3-12,27-28H,1-2H3,(H2,25,29)(H2,26,30). The number of hydrogen-bond donors (Lipinski definition) is 4. The smallest absolute Gasteiger partial charge is 0.339 e. The number of carbonyl (C=O) groups excluding carboxylic acids is 4. The zero-order valence-electron chi connectivity index (χ0n) is 18.4. The number of anilines is 4. The minimum Gasteiger partial charge on any atom is -0.465 e. The van der Waals surface area contributed by atoms with Crippen molar-refractivity contribution in [2.45, 2.75) is 0 Å². The van der Waals surface area contributed by atoms with Gasteiger partial charge in [0.2, 0.25) is 11.8 Å². The first kappa shape index (κ1) is 23.8. The molecule has 0 saturated carbocycles. The summed E-state index contributed by atoms with van der Waals surface area (Å²) in [6, 6.07) is 15.7. The van der Waals surface area contributed by atoms with E-state index in [2.05, 4.69) is 10.6 Å². The Morgan fingerprint density at radius 1 is 0.588 bits per heavy atom. The lowest BCUT2D eigenvalue weighted by molar-refractivity contribution is 0.0593. The van der Waals surface area contributed by atoms with E-state index in [1.54, 1.807) is 48.5 Å². The molecule has 0 aromatic heterocycles. The Balaban J connectivity index is 2.19. The van der Waals surface area contributed by atoms with Crippen LogP contribution >= 0.6 is 0 Å². The molecule has 0 atom stereocenters. The van der Waals surface area contributed by atoms with Gasteiger partial charge < -0.3 is 31.6 Å². The molecule has 0 heterocycles. The van der Waals surface area contributed by atoms with Crippen LogP contribution < -0.4 is 22.1 Å². The van der Waals surface area contributed by atoms with Crippen molar-refractivity contribution in [2.24, 2.45) is 11.5 Å². The highest BCUT2D eigenvalue weighted by molar-refractivity contribution is 6.09. The number of hydrogen-bond acceptors (Lipinski definition) is 8. The highest BCUT2D eigenvalue weighted by atomic mass is 16.5. The van der Waals surface area contributed by atoms with Crippen LogP contribution in [0.2, 0.25) is 0 Å². The fourth-order valence-corrected chi connectivity index (χ4v) is 3.26. The number of rotatable bonds is 8. The fourth-order valence-electron chi connectivity index (χ4n) is 3.26. The predicted octanol–water partition coefficient (Wildman–Crippen LogP) is 2.94. The largest absolute Gasteiger partial charge is 0.465 e. The zero-order chi connectivity index (χ0) is 24.8. The molecule has 0 aliphatic carbocycles. The third kappa shape index (κ3) is 4.96. The van der Waals surface area contributed by atoms with Crippen LogP contribution in [0, 0.1) is 0 Å². The summed E-state index contributed by atoms with van der Waals surface area (Å²) in [4.78, 5) is 48.5. The Hall–Kier alpha value is -4.86. The maximum absolute atomic E-state index is 12.2. The van der Waals surface area contributed by atoms with E-state index in [-0.39, 0.29) is 33.6 Å². The Morgan fingerprint density at radius 3 is 1.26 bits per heavy atom. The Bertz CT molecular complexity index is 1190. The number of nitrogens with two attached hydrogens (primary N) is 2. The molecule has 2 amide bonds. The van der Waals surface area contributed by atoms with E-state index in [1.807, 2.05) is 0 Å². The van der Waals surface area contributed by atoms with E-state index >= 15 is 0 Å². The van der Waals surface area contributed by atoms with E-state index in [4.69, 9.17) is 20.9 Å². The van der Waals surface area contributed by atoms with Gasteiger partial charge in [-0.25, -0.2) is 9.59 Å². The number of methoxy groups -OCH3 is 2. The van der Waals surface area contributed by atoms with Crippen molar-refractivity contribution < 1.29 is 28.7 Å². The second-order valence-electron chi connectivity index (χ2n) is 7.00. The summed E-state index contributed by atoms with van der Waals surface area (Å²) in [5.41, 5.74) is 12.4. The first-order valence-corrected chi connectivity index (χ1v) is 9.93. The van der Waals surface area contributed by atoms with Gasteiger partial charge in [0, 0.05) is 0 Å². The summed E-state index contributed by atoms with van der Waals surface area (Å²) >= 11 is 0. The van der Waals surface area contributed by atoms with Gasteiger partial charge in [0.05, 0.1) is 59.2 Å². The molecule has 6 N–H and O–H groups in total. The number of benzene rings is 3. The topological polar surface area (TPSA) is 163 Å². The summed E-state index contributed by atoms with van der Waals surface area (Å²) in [6.07, 6.45) is 0. The molecule has 0 aliphatic heterocycles. The van der Waals surface area contributed by atoms with E-state index in [0.717, 1.165) is 0 Å². The van der Waals surface area contributed by atoms with Crippen LogP contribution in [0.1, 0.15) is 41.4 Å². The summed E-state index contributed by atoms with van der Waals surface area (Å²) < 4.78 is 9.65. The number of primary amides is 2. The molecule has 174 valence electrons. The van der Waals surface area contributed by atoms with E-state index in [0.29, 0.717) is 11.4 Å². The number of nitrogens with one attached hydrogen (secondary N) is 2. The van der Waals surface area contributed by atoms with Gasteiger partial charge in [-0.1, -0.05) is 24.3 Å². The van der Waals surface area contributed by atoms with Crippen LogP contribution in [-0.4, -0.2) is 38.0 Å². The van der Waals surface area contributed by atoms with Crippen LogP contribution in [0.15, 0.2) is 60.7 Å². The molecule has 0 spiro atoms. The van der Waals surface area contributed by atoms with Crippen LogP contribution in [0.3, 0.4) is 0 Å². The van der Waals surface area contributed by atoms with Crippen molar-refractivity contribution in [3.63, 3.8) is 0 Å². The van der Waals surface area contributed by atoms with Crippen LogP contribution in [0.4, 0.5) is 22.7 Å². The van der Waals surface area contributed by atoms with E-state index < -0.39 is 23.8 Å². The average molecular weight is 462 g/mol. The lowest BCUT2D eigenvalue weighted by Crippen LogP contribution is -2.21. The maximum Gasteiger partial charge on any atom is 0.339 e. The minimum absolute atomic E-state index is 0.127. The molecule has 0 bridgehead atoms. The van der Waals surface area contributed by atoms with Crippen molar-refractivity contribution in [3.05, 3.63) is 82.9 Å². The molecule has 10 nitrogen and oxygen atoms in total. The van der Waals surface area contributed by atoms with Crippen LogP contribution in [0.25, 0.3) is 0 Å². The third-order valence-corrected chi connectivity index (χ3v) is 4.89. The SMILES string of the molecule is COC(=O)c1ccccc1Nc1cc(C(N)=O)c(C(N)=O)cc1Nc1ccccc1C(=O)OC. The molecule has 0 radical (unpaired) electrons. The summed E-state index contributed by atoms with van der Waals surface area (Å²) in [7, 11) is 2.51. The number of carbonyl (C=O) groups is 4. The predicted molar refractivity (Wildman–Crippen MR) is 126 cm³/mol. The van der Waals surface area contributed by atoms with Crippen molar-refractivity contribution in [2.75, 3.05) is 24.9 Å². The highest BCUT2D eigenvalue weighted by Crippen LogP contribution is 2.34. The van der Waals surface area contributed by atoms with E-state index in [1.165, 1.54) is 26.4 Å². The zero-order valence-corrected chi connectivity index (χ0v) is 18.4. The minimum atomic E-state index is -0.875. The fraction of sp³-hybridized carbons (Fsp3) is 0.0833. The van der Waals surface area contributed by atoms with Gasteiger partial charge >= 0.3 is 11.9 Å². The first-order valence-electron chi connectivity index (χ1n) is 9.93. The first-order chi connectivity index (χ1) is 16.3. The van der Waals surface area contributed by atoms with Gasteiger partial charge in [-0.2, -0.15) is 0 Å². The van der Waals surface area contributed by atoms with Gasteiger partial charge in [0.1, 0.15) is 0 Å². The van der Waals surface area contributed by atoms with Gasteiger partial charge in [0.25, 0.3) is 0 Å². The van der Waals surface area contributed by atoms with Crippen molar-refractivity contribution in [1.29, 1.82) is 0 Å². The van der Waals surface area contributed by atoms with Gasteiger partial charge in [-0.15, -0.1) is 0 Å². The van der Waals surface area contributed by atoms with E-state index in [9.17, 15) is 19.2 Å². The summed E-state index contributed by atoms with van der Waals surface area (Å²) in [5.74, 6) is -2.92. The summed E-state index contributed by atoms with van der Waals surface area (Å²) in [5, 5.41) is 6.12. The third-order valence-electron chi connectivity index (χ3n) is 4.89.